The van der Waals surface area contributed by atoms with Gasteiger partial charge in [0, 0.05) is 34.8 Å². The number of amidine groups is 2. The van der Waals surface area contributed by atoms with Crippen LogP contribution in [0.2, 0.25) is 0 Å². The lowest BCUT2D eigenvalue weighted by Gasteiger charge is -2.19. The Morgan fingerprint density at radius 2 is 1.94 bits per heavy atom. The number of thioether (sulfide) groups is 1. The first-order valence-corrected chi connectivity index (χ1v) is 12.7. The molecule has 182 valence electrons. The van der Waals surface area contributed by atoms with Crippen LogP contribution < -0.4 is 20.8 Å². The second kappa shape index (κ2) is 8.96. The molecule has 0 fully saturated rings. The highest BCUT2D eigenvalue weighted by atomic mass is 32.2. The van der Waals surface area contributed by atoms with E-state index < -0.39 is 0 Å². The highest BCUT2D eigenvalue weighted by Crippen LogP contribution is 2.31. The Morgan fingerprint density at radius 3 is 2.78 bits per heavy atom. The van der Waals surface area contributed by atoms with Gasteiger partial charge in [-0.15, -0.1) is 0 Å². The molecule has 0 atom stereocenters. The number of aryl methyl sites for hydroxylation is 1. The zero-order valence-corrected chi connectivity index (χ0v) is 21.1. The van der Waals surface area contributed by atoms with Crippen molar-refractivity contribution >= 4 is 50.9 Å². The number of allylic oxidation sites excluding steroid dienone is 1. The van der Waals surface area contributed by atoms with E-state index in [9.17, 15) is 0 Å². The number of hydrogen-bond acceptors (Lipinski definition) is 10. The molecular weight excluding hydrogens is 472 g/mol. The van der Waals surface area contributed by atoms with Crippen molar-refractivity contribution in [2.24, 2.45) is 9.98 Å². The molecule has 3 aliphatic heterocycles. The highest BCUT2D eigenvalue weighted by Gasteiger charge is 2.25. The van der Waals surface area contributed by atoms with Crippen LogP contribution in [0, 0.1) is 6.92 Å². The number of hydrogen-bond donors (Lipinski definition) is 3. The van der Waals surface area contributed by atoms with Crippen molar-refractivity contribution in [2.45, 2.75) is 26.3 Å². The summed E-state index contributed by atoms with van der Waals surface area (Å²) in [5.74, 6) is 4.08. The van der Waals surface area contributed by atoms with Gasteiger partial charge in [-0.25, -0.2) is 20.4 Å². The molecular formula is C26H26N8OS. The summed E-state index contributed by atoms with van der Waals surface area (Å²) in [5.41, 5.74) is 6.84. The fourth-order valence-electron chi connectivity index (χ4n) is 4.09. The van der Waals surface area contributed by atoms with E-state index in [2.05, 4.69) is 50.9 Å². The van der Waals surface area contributed by atoms with Crippen molar-refractivity contribution in [1.82, 2.24) is 20.4 Å². The van der Waals surface area contributed by atoms with Crippen LogP contribution in [0.4, 0.5) is 17.2 Å². The standard InChI is InChI=1S/C26H26N8OS/c1-16-10-17(5-7-22(16)35-19-8-9-34-23(12-19)28-15-30-34)31-24-20-11-18(4-6-21(20)27-14-29-24)32-25-33-26(2,3)13-36-25/h4-12,14,30H,13,15H2,1-3H3,(H,32,33)(H,27,29,31). The van der Waals surface area contributed by atoms with Crippen molar-refractivity contribution in [2.75, 3.05) is 23.1 Å². The van der Waals surface area contributed by atoms with E-state index in [1.807, 2.05) is 60.6 Å². The van der Waals surface area contributed by atoms with Gasteiger partial charge in [-0.2, -0.15) is 0 Å². The van der Waals surface area contributed by atoms with Crippen LogP contribution in [-0.4, -0.2) is 43.9 Å². The van der Waals surface area contributed by atoms with E-state index in [0.29, 0.717) is 6.67 Å². The largest absolute Gasteiger partial charge is 0.457 e. The van der Waals surface area contributed by atoms with Gasteiger partial charge in [0.15, 0.2) is 5.17 Å². The summed E-state index contributed by atoms with van der Waals surface area (Å²) in [4.78, 5) is 18.1. The molecule has 36 heavy (non-hydrogen) atoms. The van der Waals surface area contributed by atoms with Crippen LogP contribution in [0.5, 0.6) is 5.75 Å². The summed E-state index contributed by atoms with van der Waals surface area (Å²) >= 11 is 1.74. The van der Waals surface area contributed by atoms with E-state index in [-0.39, 0.29) is 5.54 Å². The van der Waals surface area contributed by atoms with Gasteiger partial charge < -0.3 is 15.4 Å². The number of benzene rings is 2. The Kier molecular flexibility index (Phi) is 5.62. The van der Waals surface area contributed by atoms with E-state index in [1.54, 1.807) is 18.1 Å². The Hall–Kier alpha value is -3.89. The molecule has 10 heteroatoms. The molecule has 2 aromatic carbocycles. The number of hydrazine groups is 1. The van der Waals surface area contributed by atoms with Crippen molar-refractivity contribution in [1.29, 1.82) is 0 Å². The maximum absolute atomic E-state index is 6.13. The zero-order valence-electron chi connectivity index (χ0n) is 20.2. The molecule has 0 unspecified atom stereocenters. The van der Waals surface area contributed by atoms with E-state index >= 15 is 0 Å². The first kappa shape index (κ1) is 22.6. The van der Waals surface area contributed by atoms with Gasteiger partial charge in [0.1, 0.15) is 36.2 Å². The van der Waals surface area contributed by atoms with Gasteiger partial charge in [0.2, 0.25) is 0 Å². The van der Waals surface area contributed by atoms with Crippen LogP contribution >= 0.6 is 11.8 Å². The van der Waals surface area contributed by atoms with E-state index in [4.69, 9.17) is 9.73 Å². The number of nitrogens with one attached hydrogen (secondary N) is 3. The van der Waals surface area contributed by atoms with Crippen molar-refractivity contribution in [3.63, 3.8) is 0 Å². The van der Waals surface area contributed by atoms with Crippen molar-refractivity contribution in [3.8, 4) is 5.75 Å². The van der Waals surface area contributed by atoms with E-state index in [1.165, 1.54) is 0 Å². The number of anilines is 3. The third-order valence-electron chi connectivity index (χ3n) is 5.91. The number of aliphatic imine (C=N–C) groups is 2. The maximum Gasteiger partial charge on any atom is 0.161 e. The molecule has 0 aliphatic carbocycles. The lowest BCUT2D eigenvalue weighted by atomic mass is 10.1. The Bertz CT molecular complexity index is 1480. The molecule has 0 bridgehead atoms. The smallest absolute Gasteiger partial charge is 0.161 e. The van der Waals surface area contributed by atoms with Gasteiger partial charge in [-0.1, -0.05) is 11.8 Å². The zero-order chi connectivity index (χ0) is 24.7. The molecule has 3 aliphatic rings. The fraction of sp³-hybridized carbons (Fsp3) is 0.231. The van der Waals surface area contributed by atoms with Crippen LogP contribution in [0.3, 0.4) is 0 Å². The molecule has 6 rings (SSSR count). The molecule has 0 saturated heterocycles. The second-order valence-electron chi connectivity index (χ2n) is 9.37. The molecule has 0 saturated carbocycles. The summed E-state index contributed by atoms with van der Waals surface area (Å²) in [6.45, 7) is 6.88. The minimum Gasteiger partial charge on any atom is -0.457 e. The first-order valence-electron chi connectivity index (χ1n) is 11.7. The molecule has 4 heterocycles. The average molecular weight is 499 g/mol. The number of aromatic nitrogens is 2. The molecule has 0 radical (unpaired) electrons. The Balaban J connectivity index is 1.21. The maximum atomic E-state index is 6.13. The average Bonchev–Trinajstić information content (AvgIpc) is 3.46. The van der Waals surface area contributed by atoms with Crippen LogP contribution in [0.15, 0.2) is 76.8 Å². The molecule has 0 amide bonds. The first-order chi connectivity index (χ1) is 17.4. The minimum atomic E-state index is -0.0422. The molecule has 0 spiro atoms. The monoisotopic (exact) mass is 498 g/mol. The molecule has 3 N–H and O–H groups in total. The number of nitrogens with zero attached hydrogens (tertiary/aromatic N) is 5. The number of fused-ring (bicyclic) bond motifs is 2. The molecule has 9 nitrogen and oxygen atoms in total. The molecule has 1 aromatic heterocycles. The van der Waals surface area contributed by atoms with Gasteiger partial charge in [-0.05, 0) is 68.8 Å². The summed E-state index contributed by atoms with van der Waals surface area (Å²) in [5, 5.41) is 10.6. The Labute approximate surface area is 213 Å². The number of ether oxygens (including phenoxy) is 1. The quantitative estimate of drug-likeness (QED) is 0.455. The third-order valence-corrected chi connectivity index (χ3v) is 7.22. The van der Waals surface area contributed by atoms with Crippen molar-refractivity contribution in [3.05, 3.63) is 72.4 Å². The van der Waals surface area contributed by atoms with Gasteiger partial charge in [0.25, 0.3) is 0 Å². The fourth-order valence-corrected chi connectivity index (χ4v) is 5.15. The van der Waals surface area contributed by atoms with Gasteiger partial charge in [0.05, 0.1) is 11.1 Å². The number of rotatable bonds is 5. The van der Waals surface area contributed by atoms with Gasteiger partial charge >= 0.3 is 0 Å². The highest BCUT2D eigenvalue weighted by molar-refractivity contribution is 8.14. The van der Waals surface area contributed by atoms with Crippen LogP contribution in [-0.2, 0) is 0 Å². The summed E-state index contributed by atoms with van der Waals surface area (Å²) in [6, 6.07) is 12.1. The lowest BCUT2D eigenvalue weighted by Crippen LogP contribution is -2.32. The summed E-state index contributed by atoms with van der Waals surface area (Å²) in [7, 11) is 0. The second-order valence-corrected chi connectivity index (χ2v) is 10.3. The third kappa shape index (κ3) is 4.65. The predicted molar refractivity (Wildman–Crippen MR) is 147 cm³/mol. The van der Waals surface area contributed by atoms with E-state index in [0.717, 1.165) is 61.9 Å². The Morgan fingerprint density at radius 1 is 1.08 bits per heavy atom. The van der Waals surface area contributed by atoms with Crippen molar-refractivity contribution < 1.29 is 4.74 Å². The van der Waals surface area contributed by atoms with Crippen LogP contribution in [0.1, 0.15) is 19.4 Å². The topological polar surface area (TPSA) is 99.1 Å². The normalized spacial score (nSPS) is 18.0. The van der Waals surface area contributed by atoms with Crippen LogP contribution in [0.25, 0.3) is 10.9 Å². The van der Waals surface area contributed by atoms with Gasteiger partial charge in [-0.3, -0.25) is 10.0 Å². The summed E-state index contributed by atoms with van der Waals surface area (Å²) in [6.07, 6.45) is 7.32. The minimum absolute atomic E-state index is 0.0422. The summed E-state index contributed by atoms with van der Waals surface area (Å²) < 4.78 is 6.13. The molecule has 3 aromatic rings. The SMILES string of the molecule is Cc1cc(Nc2ncnc3ccc(NC4=NC(C)(C)CS4)cc23)ccc1OC1=CC2=NCNN2C=C1. The predicted octanol–water partition coefficient (Wildman–Crippen LogP) is 4.94. The lowest BCUT2D eigenvalue weighted by molar-refractivity contribution is 0.417.